The molecule has 1 atom stereocenters. The minimum absolute atomic E-state index is 0.397. The van der Waals surface area contributed by atoms with Gasteiger partial charge in [0, 0.05) is 16.3 Å². The maximum absolute atomic E-state index is 5.81. The molecule has 1 aromatic rings. The third-order valence-electron chi connectivity index (χ3n) is 2.42. The highest BCUT2D eigenvalue weighted by Gasteiger charge is 2.15. The summed E-state index contributed by atoms with van der Waals surface area (Å²) in [6.45, 7) is 6.15. The van der Waals surface area contributed by atoms with E-state index in [0.29, 0.717) is 12.6 Å². The van der Waals surface area contributed by atoms with E-state index in [0.717, 1.165) is 6.54 Å². The van der Waals surface area contributed by atoms with Gasteiger partial charge in [-0.25, -0.2) is 0 Å². The first kappa shape index (κ1) is 11.7. The lowest BCUT2D eigenvalue weighted by Crippen LogP contribution is -2.30. The van der Waals surface area contributed by atoms with E-state index in [1.165, 1.54) is 16.2 Å². The Kier molecular flexibility index (Phi) is 4.58. The molecule has 1 unspecified atom stereocenters. The molecule has 80 valence electrons. The molecule has 0 aliphatic carbocycles. The summed E-state index contributed by atoms with van der Waals surface area (Å²) < 4.78 is 0. The van der Waals surface area contributed by atoms with E-state index in [-0.39, 0.29) is 0 Å². The Bertz CT molecular complexity index is 270. The van der Waals surface area contributed by atoms with Gasteiger partial charge in [-0.15, -0.1) is 11.3 Å². The Morgan fingerprint density at radius 1 is 1.50 bits per heavy atom. The molecule has 14 heavy (non-hydrogen) atoms. The molecule has 2 nitrogen and oxygen atoms in total. The highest BCUT2D eigenvalue weighted by Crippen LogP contribution is 2.25. The fourth-order valence-corrected chi connectivity index (χ4v) is 2.71. The number of rotatable bonds is 5. The lowest BCUT2D eigenvalue weighted by Gasteiger charge is -2.25. The van der Waals surface area contributed by atoms with E-state index in [4.69, 9.17) is 5.73 Å². The van der Waals surface area contributed by atoms with Crippen LogP contribution in [0.25, 0.3) is 0 Å². The Morgan fingerprint density at radius 2 is 2.21 bits per heavy atom. The van der Waals surface area contributed by atoms with E-state index >= 15 is 0 Å². The van der Waals surface area contributed by atoms with Gasteiger partial charge in [-0.3, -0.25) is 4.90 Å². The first-order valence-electron chi connectivity index (χ1n) is 5.15. The summed E-state index contributed by atoms with van der Waals surface area (Å²) in [7, 11) is 2.15. The van der Waals surface area contributed by atoms with E-state index in [9.17, 15) is 0 Å². The van der Waals surface area contributed by atoms with Crippen LogP contribution in [-0.4, -0.2) is 25.0 Å². The second-order valence-corrected chi connectivity index (χ2v) is 5.00. The van der Waals surface area contributed by atoms with Gasteiger partial charge < -0.3 is 5.73 Å². The Labute approximate surface area is 90.7 Å². The molecule has 0 saturated heterocycles. The zero-order valence-corrected chi connectivity index (χ0v) is 10.1. The molecule has 0 fully saturated rings. The number of nitrogens with zero attached hydrogens (tertiary/aromatic N) is 1. The molecule has 0 aromatic carbocycles. The van der Waals surface area contributed by atoms with Crippen molar-refractivity contribution in [2.75, 3.05) is 20.1 Å². The van der Waals surface area contributed by atoms with Crippen molar-refractivity contribution in [3.63, 3.8) is 0 Å². The van der Waals surface area contributed by atoms with E-state index in [1.54, 1.807) is 0 Å². The van der Waals surface area contributed by atoms with Gasteiger partial charge in [0.25, 0.3) is 0 Å². The van der Waals surface area contributed by atoms with E-state index in [2.05, 4.69) is 37.9 Å². The predicted molar refractivity (Wildman–Crippen MR) is 63.8 cm³/mol. The van der Waals surface area contributed by atoms with Crippen LogP contribution < -0.4 is 5.73 Å². The minimum Gasteiger partial charge on any atom is -0.329 e. The zero-order valence-electron chi connectivity index (χ0n) is 9.29. The summed E-state index contributed by atoms with van der Waals surface area (Å²) in [5.41, 5.74) is 5.81. The number of nitrogens with two attached hydrogens (primary N) is 1. The van der Waals surface area contributed by atoms with Crippen molar-refractivity contribution in [1.82, 2.24) is 4.90 Å². The van der Waals surface area contributed by atoms with Gasteiger partial charge in [0.15, 0.2) is 0 Å². The lowest BCUT2D eigenvalue weighted by atomic mass is 10.2. The van der Waals surface area contributed by atoms with Gasteiger partial charge >= 0.3 is 0 Å². The number of hydrogen-bond donors (Lipinski definition) is 1. The van der Waals surface area contributed by atoms with Crippen molar-refractivity contribution in [2.45, 2.75) is 26.3 Å². The van der Waals surface area contributed by atoms with Crippen molar-refractivity contribution in [1.29, 1.82) is 0 Å². The molecule has 0 saturated carbocycles. The van der Waals surface area contributed by atoms with Gasteiger partial charge in [-0.1, -0.05) is 6.92 Å². The maximum atomic E-state index is 5.81. The smallest absolute Gasteiger partial charge is 0.0561 e. The van der Waals surface area contributed by atoms with Crippen molar-refractivity contribution in [3.05, 3.63) is 21.9 Å². The summed E-state index contributed by atoms with van der Waals surface area (Å²) in [5, 5.41) is 0. The van der Waals surface area contributed by atoms with Crippen LogP contribution in [0, 0.1) is 6.92 Å². The van der Waals surface area contributed by atoms with Crippen LogP contribution in [0.2, 0.25) is 0 Å². The molecule has 0 amide bonds. The summed E-state index contributed by atoms with van der Waals surface area (Å²) >= 11 is 1.85. The lowest BCUT2D eigenvalue weighted by molar-refractivity contribution is 0.254. The highest BCUT2D eigenvalue weighted by molar-refractivity contribution is 7.12. The average molecular weight is 212 g/mol. The Hall–Kier alpha value is -0.380. The largest absolute Gasteiger partial charge is 0.329 e. The summed E-state index contributed by atoms with van der Waals surface area (Å²) in [5.74, 6) is 0. The van der Waals surface area contributed by atoms with Crippen molar-refractivity contribution in [3.8, 4) is 0 Å². The molecule has 0 aliphatic heterocycles. The van der Waals surface area contributed by atoms with Crippen LogP contribution in [0.15, 0.2) is 12.1 Å². The monoisotopic (exact) mass is 212 g/mol. The van der Waals surface area contributed by atoms with Crippen LogP contribution in [0.4, 0.5) is 0 Å². The molecule has 1 aromatic heterocycles. The average Bonchev–Trinajstić information content (AvgIpc) is 2.54. The minimum atomic E-state index is 0.397. The van der Waals surface area contributed by atoms with Crippen LogP contribution in [0.3, 0.4) is 0 Å². The molecule has 2 N–H and O–H groups in total. The third-order valence-corrected chi connectivity index (χ3v) is 3.52. The molecule has 3 heteroatoms. The molecule has 1 rings (SSSR count). The predicted octanol–water partition coefficient (Wildman–Crippen LogP) is 2.40. The zero-order chi connectivity index (χ0) is 10.6. The molecule has 1 heterocycles. The normalized spacial score (nSPS) is 13.5. The van der Waals surface area contributed by atoms with Crippen molar-refractivity contribution < 1.29 is 0 Å². The second kappa shape index (κ2) is 5.49. The second-order valence-electron chi connectivity index (χ2n) is 3.68. The van der Waals surface area contributed by atoms with Crippen LogP contribution in [0.1, 0.15) is 29.1 Å². The van der Waals surface area contributed by atoms with Gasteiger partial charge in [0.05, 0.1) is 6.04 Å². The molecular formula is C11H20N2S. The molecule has 0 bridgehead atoms. The molecule has 0 spiro atoms. The topological polar surface area (TPSA) is 29.3 Å². The number of hydrogen-bond acceptors (Lipinski definition) is 3. The molecule has 0 aliphatic rings. The van der Waals surface area contributed by atoms with Crippen molar-refractivity contribution in [2.24, 2.45) is 5.73 Å². The number of aryl methyl sites for hydroxylation is 1. The number of thiophene rings is 1. The maximum Gasteiger partial charge on any atom is 0.0561 e. The van der Waals surface area contributed by atoms with Crippen LogP contribution in [-0.2, 0) is 0 Å². The third kappa shape index (κ3) is 2.80. The summed E-state index contributed by atoms with van der Waals surface area (Å²) in [6.07, 6.45) is 1.18. The SMILES string of the molecule is CCCN(C)C(CN)c1ccc(C)s1. The van der Waals surface area contributed by atoms with E-state index in [1.807, 2.05) is 11.3 Å². The first-order valence-corrected chi connectivity index (χ1v) is 5.97. The van der Waals surface area contributed by atoms with Crippen LogP contribution >= 0.6 is 11.3 Å². The summed E-state index contributed by atoms with van der Waals surface area (Å²) in [6, 6.07) is 4.76. The fourth-order valence-electron chi connectivity index (χ4n) is 1.65. The van der Waals surface area contributed by atoms with Gasteiger partial charge in [0.1, 0.15) is 0 Å². The Balaban J connectivity index is 2.71. The highest BCUT2D eigenvalue weighted by atomic mass is 32.1. The Morgan fingerprint density at radius 3 is 2.64 bits per heavy atom. The summed E-state index contributed by atoms with van der Waals surface area (Å²) in [4.78, 5) is 5.09. The molecule has 0 radical (unpaired) electrons. The van der Waals surface area contributed by atoms with E-state index < -0.39 is 0 Å². The standard InChI is InChI=1S/C11H20N2S/c1-4-7-13(3)10(8-12)11-6-5-9(2)14-11/h5-6,10H,4,7-8,12H2,1-3H3. The fraction of sp³-hybridized carbons (Fsp3) is 0.636. The van der Waals surface area contributed by atoms with Crippen LogP contribution in [0.5, 0.6) is 0 Å². The van der Waals surface area contributed by atoms with Crippen molar-refractivity contribution >= 4 is 11.3 Å². The van der Waals surface area contributed by atoms with Gasteiger partial charge in [-0.2, -0.15) is 0 Å². The van der Waals surface area contributed by atoms with Gasteiger partial charge in [0.2, 0.25) is 0 Å². The van der Waals surface area contributed by atoms with Gasteiger partial charge in [-0.05, 0) is 39.1 Å². The quantitative estimate of drug-likeness (QED) is 0.812. The number of likely N-dealkylation sites (N-methyl/N-ethyl adjacent to an activating group) is 1. The molecular weight excluding hydrogens is 192 g/mol. The first-order chi connectivity index (χ1) is 6.69.